The van der Waals surface area contributed by atoms with E-state index in [4.69, 9.17) is 11.6 Å². The molecule has 3 rings (SSSR count). The van der Waals surface area contributed by atoms with E-state index in [2.05, 4.69) is 4.74 Å². The van der Waals surface area contributed by atoms with Crippen LogP contribution in [-0.2, 0) is 9.84 Å². The molecule has 2 aromatic rings. The first-order chi connectivity index (χ1) is 14.7. The van der Waals surface area contributed by atoms with Crippen LogP contribution in [0.4, 0.5) is 17.6 Å². The summed E-state index contributed by atoms with van der Waals surface area (Å²) in [4.78, 5) is 12.1. The van der Waals surface area contributed by atoms with Crippen molar-refractivity contribution in [3.63, 3.8) is 0 Å². The average Bonchev–Trinajstić information content (AvgIpc) is 2.64. The molecule has 4 nitrogen and oxygen atoms in total. The molecule has 0 aromatic heterocycles. The number of benzene rings is 2. The van der Waals surface area contributed by atoms with Gasteiger partial charge in [-0.15, -0.1) is 13.2 Å². The van der Waals surface area contributed by atoms with Crippen molar-refractivity contribution in [2.24, 2.45) is 11.8 Å². The molecule has 0 unspecified atom stereocenters. The zero-order chi connectivity index (χ0) is 23.9. The summed E-state index contributed by atoms with van der Waals surface area (Å²) in [6.45, 7) is 3.05. The Morgan fingerprint density at radius 2 is 1.78 bits per heavy atom. The van der Waals surface area contributed by atoms with E-state index in [-0.39, 0.29) is 39.5 Å². The Hall–Kier alpha value is -2.13. The van der Waals surface area contributed by atoms with Crippen LogP contribution in [0.5, 0.6) is 5.75 Å². The van der Waals surface area contributed by atoms with Gasteiger partial charge in [0.1, 0.15) is 11.6 Å². The first-order valence-electron chi connectivity index (χ1n) is 9.79. The Morgan fingerprint density at radius 3 is 2.38 bits per heavy atom. The van der Waals surface area contributed by atoms with Gasteiger partial charge in [-0.25, -0.2) is 12.8 Å². The summed E-state index contributed by atoms with van der Waals surface area (Å²) in [5.74, 6) is -1.92. The summed E-state index contributed by atoms with van der Waals surface area (Å²) < 4.78 is 79.9. The SMILES string of the molecule is CC(C)(C1CC(CC(=O)c2ccc(Cl)c(F)c2)C1)S(=O)(=O)c1cccc(OC(F)(F)F)c1. The quantitative estimate of drug-likeness (QED) is 0.339. The number of rotatable bonds is 7. The van der Waals surface area contributed by atoms with Crippen LogP contribution in [0.25, 0.3) is 0 Å². The Bertz CT molecular complexity index is 1120. The maximum Gasteiger partial charge on any atom is 0.573 e. The molecule has 0 radical (unpaired) electrons. The number of carbonyl (C=O) groups excluding carboxylic acids is 1. The zero-order valence-electron chi connectivity index (χ0n) is 17.2. The summed E-state index contributed by atoms with van der Waals surface area (Å²) in [6, 6.07) is 8.13. The number of ketones is 1. The number of Topliss-reactive ketones (excluding diaryl/α,β-unsaturated/α-hetero) is 1. The number of ether oxygens (including phenoxy) is 1. The summed E-state index contributed by atoms with van der Waals surface area (Å²) in [5, 5.41) is -0.0816. The fourth-order valence-corrected chi connectivity index (χ4v) is 5.77. The van der Waals surface area contributed by atoms with E-state index in [1.165, 1.54) is 38.1 Å². The van der Waals surface area contributed by atoms with Crippen LogP contribution < -0.4 is 4.74 Å². The van der Waals surface area contributed by atoms with Gasteiger partial charge in [0.2, 0.25) is 0 Å². The highest BCUT2D eigenvalue weighted by Gasteiger charge is 2.48. The minimum atomic E-state index is -4.93. The number of hydrogen-bond donors (Lipinski definition) is 0. The highest BCUT2D eigenvalue weighted by Crippen LogP contribution is 2.48. The Balaban J connectivity index is 1.68. The Morgan fingerprint density at radius 1 is 1.12 bits per heavy atom. The molecule has 0 heterocycles. The second-order valence-corrected chi connectivity index (χ2v) is 11.4. The van der Waals surface area contributed by atoms with E-state index >= 15 is 0 Å². The summed E-state index contributed by atoms with van der Waals surface area (Å²) >= 11 is 5.63. The van der Waals surface area contributed by atoms with Crippen molar-refractivity contribution in [3.8, 4) is 5.75 Å². The van der Waals surface area contributed by atoms with Crippen LogP contribution >= 0.6 is 11.6 Å². The van der Waals surface area contributed by atoms with Crippen molar-refractivity contribution in [3.05, 3.63) is 58.9 Å². The minimum Gasteiger partial charge on any atom is -0.406 e. The summed E-state index contributed by atoms with van der Waals surface area (Å²) in [7, 11) is -3.99. The molecule has 0 bridgehead atoms. The minimum absolute atomic E-state index is 0.0689. The third-order valence-electron chi connectivity index (χ3n) is 5.98. The van der Waals surface area contributed by atoms with Crippen LogP contribution in [0.15, 0.2) is 47.4 Å². The number of halogens is 5. The van der Waals surface area contributed by atoms with Crippen LogP contribution in [0.2, 0.25) is 5.02 Å². The highest BCUT2D eigenvalue weighted by molar-refractivity contribution is 7.92. The van der Waals surface area contributed by atoms with Crippen molar-refractivity contribution in [2.75, 3.05) is 0 Å². The molecule has 0 aliphatic heterocycles. The maximum atomic E-state index is 13.6. The van der Waals surface area contributed by atoms with Crippen LogP contribution in [0, 0.1) is 17.7 Å². The normalized spacial score (nSPS) is 19.3. The molecule has 1 aliphatic rings. The average molecular weight is 493 g/mol. The number of carbonyl (C=O) groups is 1. The van der Waals surface area contributed by atoms with Gasteiger partial charge < -0.3 is 4.74 Å². The topological polar surface area (TPSA) is 60.4 Å². The van der Waals surface area contributed by atoms with Crippen molar-refractivity contribution in [2.45, 2.75) is 49.1 Å². The maximum absolute atomic E-state index is 13.6. The first-order valence-corrected chi connectivity index (χ1v) is 11.7. The van der Waals surface area contributed by atoms with E-state index in [1.807, 2.05) is 0 Å². The molecule has 0 amide bonds. The van der Waals surface area contributed by atoms with Gasteiger partial charge >= 0.3 is 6.36 Å². The lowest BCUT2D eigenvalue weighted by molar-refractivity contribution is -0.274. The van der Waals surface area contributed by atoms with Crippen molar-refractivity contribution in [1.29, 1.82) is 0 Å². The largest absolute Gasteiger partial charge is 0.573 e. The second kappa shape index (κ2) is 8.67. The predicted octanol–water partition coefficient (Wildman–Crippen LogP) is 6.23. The van der Waals surface area contributed by atoms with E-state index in [9.17, 15) is 30.8 Å². The molecule has 1 saturated carbocycles. The fourth-order valence-electron chi connectivity index (χ4n) is 3.88. The van der Waals surface area contributed by atoms with Crippen molar-refractivity contribution in [1.82, 2.24) is 0 Å². The van der Waals surface area contributed by atoms with Crippen molar-refractivity contribution < 1.29 is 35.5 Å². The molecule has 0 spiro atoms. The zero-order valence-corrected chi connectivity index (χ0v) is 18.8. The van der Waals surface area contributed by atoms with Gasteiger partial charge in [-0.1, -0.05) is 17.7 Å². The van der Waals surface area contributed by atoms with E-state index in [1.54, 1.807) is 0 Å². The van der Waals surface area contributed by atoms with Gasteiger partial charge in [0.05, 0.1) is 14.7 Å². The van der Waals surface area contributed by atoms with Gasteiger partial charge in [-0.3, -0.25) is 4.79 Å². The first kappa shape index (κ1) is 24.5. The molecule has 1 aliphatic carbocycles. The third-order valence-corrected chi connectivity index (χ3v) is 8.88. The van der Waals surface area contributed by atoms with E-state index < -0.39 is 32.5 Å². The molecule has 174 valence electrons. The molecule has 0 saturated heterocycles. The molecule has 0 N–H and O–H groups in total. The number of sulfone groups is 1. The van der Waals surface area contributed by atoms with Gasteiger partial charge in [0.25, 0.3) is 0 Å². The smallest absolute Gasteiger partial charge is 0.406 e. The monoisotopic (exact) mass is 492 g/mol. The summed E-state index contributed by atoms with van der Waals surface area (Å²) in [5.41, 5.74) is 0.198. The molecule has 0 atom stereocenters. The van der Waals surface area contributed by atoms with Gasteiger partial charge in [-0.2, -0.15) is 0 Å². The van der Waals surface area contributed by atoms with Gasteiger partial charge in [0.15, 0.2) is 15.6 Å². The Kier molecular flexibility index (Phi) is 6.64. The van der Waals surface area contributed by atoms with E-state index in [0.29, 0.717) is 12.8 Å². The molecule has 32 heavy (non-hydrogen) atoms. The standard InChI is InChI=1S/C22H21ClF4O4S/c1-21(2,32(29,30)17-5-3-4-16(12-17)31-22(25,26)27)15-8-13(9-15)10-20(28)14-6-7-18(23)19(24)11-14/h3-7,11-13,15H,8-10H2,1-2H3. The summed E-state index contributed by atoms with van der Waals surface area (Å²) in [6.07, 6.45) is -3.89. The number of alkyl halides is 3. The van der Waals surface area contributed by atoms with Gasteiger partial charge in [0, 0.05) is 12.0 Å². The lowest BCUT2D eigenvalue weighted by Gasteiger charge is -2.44. The Labute approximate surface area is 188 Å². The highest BCUT2D eigenvalue weighted by atomic mass is 35.5. The molecule has 10 heteroatoms. The lowest BCUT2D eigenvalue weighted by Crippen LogP contribution is -2.46. The second-order valence-electron chi connectivity index (χ2n) is 8.42. The number of hydrogen-bond acceptors (Lipinski definition) is 4. The lowest BCUT2D eigenvalue weighted by atomic mass is 9.67. The molecule has 1 fully saturated rings. The molecular formula is C22H21ClF4O4S. The molecule has 2 aromatic carbocycles. The third kappa shape index (κ3) is 5.09. The predicted molar refractivity (Wildman–Crippen MR) is 111 cm³/mol. The van der Waals surface area contributed by atoms with Crippen LogP contribution in [-0.4, -0.2) is 25.3 Å². The van der Waals surface area contributed by atoms with Crippen LogP contribution in [0.1, 0.15) is 43.5 Å². The van der Waals surface area contributed by atoms with Crippen LogP contribution in [0.3, 0.4) is 0 Å². The van der Waals surface area contributed by atoms with Gasteiger partial charge in [-0.05, 0) is 74.9 Å². The van der Waals surface area contributed by atoms with Crippen molar-refractivity contribution >= 4 is 27.2 Å². The molecular weight excluding hydrogens is 472 g/mol. The van der Waals surface area contributed by atoms with E-state index in [0.717, 1.165) is 18.2 Å². The fraction of sp³-hybridized carbons (Fsp3) is 0.409.